The van der Waals surface area contributed by atoms with Crippen molar-refractivity contribution >= 4 is 0 Å². The average Bonchev–Trinajstić information content (AvgIpc) is 2.66. The number of aromatic nitrogens is 2. The summed E-state index contributed by atoms with van der Waals surface area (Å²) in [5.41, 5.74) is 2.36. The highest BCUT2D eigenvalue weighted by Crippen LogP contribution is 2.28. The monoisotopic (exact) mass is 237 g/mol. The van der Waals surface area contributed by atoms with Crippen LogP contribution in [-0.2, 0) is 11.8 Å². The number of aryl methyl sites for hydroxylation is 2. The molecule has 17 heavy (non-hydrogen) atoms. The van der Waals surface area contributed by atoms with Crippen LogP contribution in [0.15, 0.2) is 6.07 Å². The van der Waals surface area contributed by atoms with E-state index in [0.717, 1.165) is 25.5 Å². The molecule has 2 heterocycles. The molecule has 0 aromatic carbocycles. The fourth-order valence-corrected chi connectivity index (χ4v) is 2.68. The van der Waals surface area contributed by atoms with Gasteiger partial charge in [0, 0.05) is 19.6 Å². The number of hydrogen-bond donors (Lipinski definition) is 1. The summed E-state index contributed by atoms with van der Waals surface area (Å²) in [6.07, 6.45) is 2.41. The molecule has 0 radical (unpaired) electrons. The van der Waals surface area contributed by atoms with E-state index in [1.165, 1.54) is 18.5 Å². The molecule has 96 valence electrons. The molecule has 4 nitrogen and oxygen atoms in total. The Morgan fingerprint density at radius 3 is 3.00 bits per heavy atom. The lowest BCUT2D eigenvalue weighted by molar-refractivity contribution is 0.0380. The van der Waals surface area contributed by atoms with Crippen molar-refractivity contribution < 1.29 is 4.74 Å². The van der Waals surface area contributed by atoms with Crippen molar-refractivity contribution in [2.75, 3.05) is 19.8 Å². The molecular weight excluding hydrogens is 214 g/mol. The van der Waals surface area contributed by atoms with Crippen LogP contribution in [0, 0.1) is 12.8 Å². The van der Waals surface area contributed by atoms with Crippen LogP contribution in [0.4, 0.5) is 0 Å². The Morgan fingerprint density at radius 1 is 1.65 bits per heavy atom. The minimum Gasteiger partial charge on any atom is -0.381 e. The van der Waals surface area contributed by atoms with Crippen LogP contribution in [0.25, 0.3) is 0 Å². The molecule has 0 bridgehead atoms. The molecule has 0 spiro atoms. The Kier molecular flexibility index (Phi) is 4.18. The molecule has 0 amide bonds. The third-order valence-corrected chi connectivity index (χ3v) is 3.45. The summed E-state index contributed by atoms with van der Waals surface area (Å²) in [6, 6.07) is 2.55. The van der Waals surface area contributed by atoms with Crippen molar-refractivity contribution in [3.8, 4) is 0 Å². The van der Waals surface area contributed by atoms with Crippen molar-refractivity contribution in [2.24, 2.45) is 13.0 Å². The summed E-state index contributed by atoms with van der Waals surface area (Å²) in [5.74, 6) is 0.568. The van der Waals surface area contributed by atoms with E-state index < -0.39 is 0 Å². The maximum absolute atomic E-state index is 5.61. The number of nitrogens with one attached hydrogen (secondary N) is 1. The Hall–Kier alpha value is -0.870. The number of hydrogen-bond acceptors (Lipinski definition) is 3. The molecule has 1 N–H and O–H groups in total. The maximum Gasteiger partial charge on any atom is 0.0597 e. The Morgan fingerprint density at radius 2 is 2.47 bits per heavy atom. The minimum atomic E-state index is 0.367. The van der Waals surface area contributed by atoms with E-state index in [9.17, 15) is 0 Å². The van der Waals surface area contributed by atoms with Crippen LogP contribution in [-0.4, -0.2) is 29.5 Å². The van der Waals surface area contributed by atoms with Crippen LogP contribution in [0.2, 0.25) is 0 Å². The van der Waals surface area contributed by atoms with E-state index in [4.69, 9.17) is 4.74 Å². The van der Waals surface area contributed by atoms with E-state index in [0.29, 0.717) is 12.0 Å². The second kappa shape index (κ2) is 5.65. The van der Waals surface area contributed by atoms with Crippen molar-refractivity contribution in [1.82, 2.24) is 15.1 Å². The zero-order chi connectivity index (χ0) is 12.3. The molecule has 2 rings (SSSR count). The van der Waals surface area contributed by atoms with Gasteiger partial charge in [0.15, 0.2) is 0 Å². The molecule has 0 aliphatic carbocycles. The van der Waals surface area contributed by atoms with E-state index in [-0.39, 0.29) is 0 Å². The summed E-state index contributed by atoms with van der Waals surface area (Å²) in [7, 11) is 2.02. The van der Waals surface area contributed by atoms with Gasteiger partial charge in [0.25, 0.3) is 0 Å². The molecule has 1 aromatic rings. The summed E-state index contributed by atoms with van der Waals surface area (Å²) in [6.45, 7) is 6.96. The molecule has 1 aliphatic rings. The maximum atomic E-state index is 5.61. The van der Waals surface area contributed by atoms with E-state index in [1.54, 1.807) is 0 Å². The summed E-state index contributed by atoms with van der Waals surface area (Å²) in [5, 5.41) is 8.03. The number of rotatable bonds is 4. The Balaban J connectivity index is 2.18. The van der Waals surface area contributed by atoms with E-state index in [2.05, 4.69) is 23.4 Å². The van der Waals surface area contributed by atoms with Crippen molar-refractivity contribution in [3.63, 3.8) is 0 Å². The molecule has 2 atom stereocenters. The van der Waals surface area contributed by atoms with Gasteiger partial charge in [0.1, 0.15) is 0 Å². The fraction of sp³-hybridized carbons (Fsp3) is 0.769. The lowest BCUT2D eigenvalue weighted by Gasteiger charge is -2.30. The highest BCUT2D eigenvalue weighted by Gasteiger charge is 2.27. The van der Waals surface area contributed by atoms with Crippen molar-refractivity contribution in [3.05, 3.63) is 17.5 Å². The molecule has 0 saturated carbocycles. The van der Waals surface area contributed by atoms with Gasteiger partial charge in [-0.1, -0.05) is 6.92 Å². The van der Waals surface area contributed by atoms with Crippen molar-refractivity contribution in [1.29, 1.82) is 0 Å². The number of ether oxygens (including phenoxy) is 1. The van der Waals surface area contributed by atoms with Gasteiger partial charge >= 0.3 is 0 Å². The predicted molar refractivity (Wildman–Crippen MR) is 67.9 cm³/mol. The van der Waals surface area contributed by atoms with Crippen LogP contribution >= 0.6 is 0 Å². The normalized spacial score (nSPS) is 22.6. The first-order valence-electron chi connectivity index (χ1n) is 6.54. The van der Waals surface area contributed by atoms with Crippen LogP contribution < -0.4 is 5.32 Å². The first-order chi connectivity index (χ1) is 8.22. The molecule has 4 heteroatoms. The zero-order valence-electron chi connectivity index (χ0n) is 11.1. The van der Waals surface area contributed by atoms with Crippen LogP contribution in [0.5, 0.6) is 0 Å². The lowest BCUT2D eigenvalue weighted by Crippen LogP contribution is -2.34. The third-order valence-electron chi connectivity index (χ3n) is 3.45. The summed E-state index contributed by atoms with van der Waals surface area (Å²) < 4.78 is 7.61. The van der Waals surface area contributed by atoms with Crippen LogP contribution in [0.3, 0.4) is 0 Å². The van der Waals surface area contributed by atoms with E-state index in [1.807, 2.05) is 18.7 Å². The highest BCUT2D eigenvalue weighted by molar-refractivity contribution is 5.14. The SMILES string of the molecule is CCNC(c1cc(C)nn1C)C1CCCOC1. The molecule has 1 saturated heterocycles. The zero-order valence-corrected chi connectivity index (χ0v) is 11.1. The smallest absolute Gasteiger partial charge is 0.0597 e. The van der Waals surface area contributed by atoms with Gasteiger partial charge in [0.2, 0.25) is 0 Å². The molecule has 1 fully saturated rings. The second-order valence-electron chi connectivity index (χ2n) is 4.85. The standard InChI is InChI=1S/C13H23N3O/c1-4-14-13(11-6-5-7-17-9-11)12-8-10(2)15-16(12)3/h8,11,13-14H,4-7,9H2,1-3H3. The molecule has 2 unspecified atom stereocenters. The Bertz CT molecular complexity index is 356. The molecule has 1 aliphatic heterocycles. The predicted octanol–water partition coefficient (Wildman–Crippen LogP) is 1.81. The molecule has 1 aromatic heterocycles. The largest absolute Gasteiger partial charge is 0.381 e. The fourth-order valence-electron chi connectivity index (χ4n) is 2.68. The van der Waals surface area contributed by atoms with Gasteiger partial charge < -0.3 is 10.1 Å². The van der Waals surface area contributed by atoms with Crippen molar-refractivity contribution in [2.45, 2.75) is 32.7 Å². The van der Waals surface area contributed by atoms with Gasteiger partial charge in [-0.25, -0.2) is 0 Å². The third kappa shape index (κ3) is 2.87. The lowest BCUT2D eigenvalue weighted by atomic mass is 9.91. The van der Waals surface area contributed by atoms with E-state index >= 15 is 0 Å². The van der Waals surface area contributed by atoms with Gasteiger partial charge in [0.05, 0.1) is 24.0 Å². The Labute approximate surface area is 103 Å². The highest BCUT2D eigenvalue weighted by atomic mass is 16.5. The first kappa shape index (κ1) is 12.6. The van der Waals surface area contributed by atoms with Crippen LogP contribution in [0.1, 0.15) is 37.2 Å². The van der Waals surface area contributed by atoms with Gasteiger partial charge in [-0.3, -0.25) is 4.68 Å². The molecular formula is C13H23N3O. The quantitative estimate of drug-likeness (QED) is 0.868. The topological polar surface area (TPSA) is 39.1 Å². The van der Waals surface area contributed by atoms with Gasteiger partial charge in [-0.2, -0.15) is 5.10 Å². The summed E-state index contributed by atoms with van der Waals surface area (Å²) in [4.78, 5) is 0. The van der Waals surface area contributed by atoms with Gasteiger partial charge in [-0.05, 0) is 32.4 Å². The number of nitrogens with zero attached hydrogens (tertiary/aromatic N) is 2. The first-order valence-corrected chi connectivity index (χ1v) is 6.54. The summed E-state index contributed by atoms with van der Waals surface area (Å²) >= 11 is 0. The van der Waals surface area contributed by atoms with Gasteiger partial charge in [-0.15, -0.1) is 0 Å². The second-order valence-corrected chi connectivity index (χ2v) is 4.85. The minimum absolute atomic E-state index is 0.367. The average molecular weight is 237 g/mol.